The zero-order valence-corrected chi connectivity index (χ0v) is 17.0. The van der Waals surface area contributed by atoms with E-state index >= 15 is 0 Å². The Balaban J connectivity index is 1.40. The van der Waals surface area contributed by atoms with Gasteiger partial charge in [-0.2, -0.15) is 0 Å². The van der Waals surface area contributed by atoms with Crippen molar-refractivity contribution in [1.82, 2.24) is 19.9 Å². The first-order chi connectivity index (χ1) is 14.7. The maximum Gasteiger partial charge on any atom is 0.225 e. The number of methoxy groups -OCH3 is 1. The molecule has 3 aromatic rings. The van der Waals surface area contributed by atoms with E-state index in [-0.39, 0.29) is 17.9 Å². The van der Waals surface area contributed by atoms with Crippen LogP contribution in [0.2, 0.25) is 0 Å². The van der Waals surface area contributed by atoms with E-state index < -0.39 is 0 Å². The quantitative estimate of drug-likeness (QED) is 0.648. The number of benzene rings is 1. The Morgan fingerprint density at radius 1 is 1.07 bits per heavy atom. The molecule has 7 heteroatoms. The molecule has 2 fully saturated rings. The van der Waals surface area contributed by atoms with Crippen LogP contribution in [0.15, 0.2) is 42.9 Å². The van der Waals surface area contributed by atoms with E-state index in [9.17, 15) is 4.79 Å². The van der Waals surface area contributed by atoms with Gasteiger partial charge in [-0.25, -0.2) is 15.0 Å². The summed E-state index contributed by atoms with van der Waals surface area (Å²) in [5, 5.41) is 0.858. The van der Waals surface area contributed by atoms with Crippen molar-refractivity contribution in [3.63, 3.8) is 0 Å². The Bertz CT molecular complexity index is 1070. The minimum Gasteiger partial charge on any atom is -0.481 e. The first-order valence-electron chi connectivity index (χ1n) is 10.4. The SMILES string of the molecule is COc1ccc(-c2ccc3ncnc(O[C@H]4CCCN(C(=O)C5CC5)C4)c3c2)cn1. The molecule has 0 unspecified atom stereocenters. The lowest BCUT2D eigenvalue weighted by molar-refractivity contribution is -0.135. The normalized spacial score (nSPS) is 19.0. The summed E-state index contributed by atoms with van der Waals surface area (Å²) in [5.41, 5.74) is 2.81. The average Bonchev–Trinajstić information content (AvgIpc) is 3.64. The summed E-state index contributed by atoms with van der Waals surface area (Å²) in [6, 6.07) is 9.82. The molecule has 2 aliphatic rings. The first kappa shape index (κ1) is 18.8. The summed E-state index contributed by atoms with van der Waals surface area (Å²) in [6.45, 7) is 1.46. The number of carbonyl (C=O) groups excluding carboxylic acids is 1. The van der Waals surface area contributed by atoms with E-state index in [4.69, 9.17) is 9.47 Å². The van der Waals surface area contributed by atoms with Gasteiger partial charge in [0.15, 0.2) is 0 Å². The molecule has 1 aliphatic heterocycles. The Hall–Kier alpha value is -3.22. The second-order valence-corrected chi connectivity index (χ2v) is 7.94. The van der Waals surface area contributed by atoms with Gasteiger partial charge in [0.1, 0.15) is 12.4 Å². The maximum absolute atomic E-state index is 12.4. The van der Waals surface area contributed by atoms with E-state index in [1.54, 1.807) is 13.3 Å². The van der Waals surface area contributed by atoms with Gasteiger partial charge in [0.25, 0.3) is 0 Å². The highest BCUT2D eigenvalue weighted by atomic mass is 16.5. The van der Waals surface area contributed by atoms with Crippen molar-refractivity contribution >= 4 is 16.8 Å². The van der Waals surface area contributed by atoms with Gasteiger partial charge in [-0.05, 0) is 49.4 Å². The van der Waals surface area contributed by atoms with Crippen LogP contribution in [-0.4, -0.2) is 52.1 Å². The van der Waals surface area contributed by atoms with Crippen molar-refractivity contribution in [3.8, 4) is 22.9 Å². The molecular weight excluding hydrogens is 380 g/mol. The van der Waals surface area contributed by atoms with E-state index in [1.165, 1.54) is 6.33 Å². The maximum atomic E-state index is 12.4. The zero-order chi connectivity index (χ0) is 20.5. The molecule has 0 bridgehead atoms. The molecule has 1 atom stereocenters. The number of likely N-dealkylation sites (tertiary alicyclic amines) is 1. The third-order valence-electron chi connectivity index (χ3n) is 5.77. The van der Waals surface area contributed by atoms with E-state index in [2.05, 4.69) is 15.0 Å². The molecule has 30 heavy (non-hydrogen) atoms. The van der Waals surface area contributed by atoms with Crippen LogP contribution in [0.4, 0.5) is 0 Å². The summed E-state index contributed by atoms with van der Waals surface area (Å²) < 4.78 is 11.4. The zero-order valence-electron chi connectivity index (χ0n) is 17.0. The number of ether oxygens (including phenoxy) is 2. The van der Waals surface area contributed by atoms with Crippen LogP contribution < -0.4 is 9.47 Å². The van der Waals surface area contributed by atoms with Gasteiger partial charge in [0, 0.05) is 30.3 Å². The standard InChI is InChI=1S/C23H24N4O3/c1-29-21-9-7-17(12-24-21)16-6-8-20-19(11-16)22(26-14-25-20)30-18-3-2-10-27(13-18)23(28)15-4-5-15/h6-9,11-12,14-15,18H,2-5,10,13H2,1H3/t18-/m0/s1. The number of amides is 1. The molecule has 1 amide bonds. The number of nitrogens with zero attached hydrogens (tertiary/aromatic N) is 4. The van der Waals surface area contributed by atoms with Gasteiger partial charge in [-0.15, -0.1) is 0 Å². The monoisotopic (exact) mass is 404 g/mol. The molecule has 154 valence electrons. The minimum atomic E-state index is -0.0501. The molecule has 0 spiro atoms. The minimum absolute atomic E-state index is 0.0501. The first-order valence-corrected chi connectivity index (χ1v) is 10.4. The van der Waals surface area contributed by atoms with Gasteiger partial charge >= 0.3 is 0 Å². The summed E-state index contributed by atoms with van der Waals surface area (Å²) in [7, 11) is 1.60. The summed E-state index contributed by atoms with van der Waals surface area (Å²) in [6.07, 6.45) is 7.19. The lowest BCUT2D eigenvalue weighted by Crippen LogP contribution is -2.45. The molecule has 2 aromatic heterocycles. The van der Waals surface area contributed by atoms with Gasteiger partial charge in [-0.1, -0.05) is 6.07 Å². The number of hydrogen-bond acceptors (Lipinski definition) is 6. The lowest BCUT2D eigenvalue weighted by atomic mass is 10.1. The van der Waals surface area contributed by atoms with Crippen LogP contribution in [0, 0.1) is 5.92 Å². The number of pyridine rings is 1. The number of rotatable bonds is 5. The van der Waals surface area contributed by atoms with Crippen molar-refractivity contribution in [2.24, 2.45) is 5.92 Å². The predicted molar refractivity (Wildman–Crippen MR) is 112 cm³/mol. The summed E-state index contributed by atoms with van der Waals surface area (Å²) >= 11 is 0. The smallest absolute Gasteiger partial charge is 0.225 e. The Kier molecular flexibility index (Phi) is 4.94. The second kappa shape index (κ2) is 7.89. The predicted octanol–water partition coefficient (Wildman–Crippen LogP) is 3.48. The third-order valence-corrected chi connectivity index (χ3v) is 5.77. The molecule has 1 aliphatic carbocycles. The number of carbonyl (C=O) groups is 1. The van der Waals surface area contributed by atoms with E-state index in [0.717, 1.165) is 54.3 Å². The highest BCUT2D eigenvalue weighted by Crippen LogP contribution is 2.33. The molecular formula is C23H24N4O3. The number of fused-ring (bicyclic) bond motifs is 1. The van der Waals surface area contributed by atoms with Crippen LogP contribution in [0.25, 0.3) is 22.0 Å². The second-order valence-electron chi connectivity index (χ2n) is 7.94. The van der Waals surface area contributed by atoms with Crippen LogP contribution in [-0.2, 0) is 4.79 Å². The largest absolute Gasteiger partial charge is 0.481 e. The fourth-order valence-corrected chi connectivity index (χ4v) is 3.96. The molecule has 7 nitrogen and oxygen atoms in total. The lowest BCUT2D eigenvalue weighted by Gasteiger charge is -2.33. The fraction of sp³-hybridized carbons (Fsp3) is 0.391. The van der Waals surface area contributed by atoms with Crippen molar-refractivity contribution < 1.29 is 14.3 Å². The van der Waals surface area contributed by atoms with Crippen molar-refractivity contribution in [3.05, 3.63) is 42.9 Å². The van der Waals surface area contributed by atoms with Crippen molar-refractivity contribution in [2.45, 2.75) is 31.8 Å². The molecule has 0 radical (unpaired) electrons. The van der Waals surface area contributed by atoms with Crippen molar-refractivity contribution in [2.75, 3.05) is 20.2 Å². The summed E-state index contributed by atoms with van der Waals surface area (Å²) in [5.74, 6) is 1.66. The molecule has 1 saturated heterocycles. The third kappa shape index (κ3) is 3.79. The van der Waals surface area contributed by atoms with Crippen LogP contribution in [0.1, 0.15) is 25.7 Å². The van der Waals surface area contributed by atoms with E-state index in [0.29, 0.717) is 18.3 Å². The van der Waals surface area contributed by atoms with Gasteiger partial charge < -0.3 is 14.4 Å². The molecule has 1 aromatic carbocycles. The molecule has 3 heterocycles. The summed E-state index contributed by atoms with van der Waals surface area (Å²) in [4.78, 5) is 27.5. The van der Waals surface area contributed by atoms with Crippen molar-refractivity contribution in [1.29, 1.82) is 0 Å². The number of piperidine rings is 1. The number of hydrogen-bond donors (Lipinski definition) is 0. The fourth-order valence-electron chi connectivity index (χ4n) is 3.96. The van der Waals surface area contributed by atoms with Crippen LogP contribution >= 0.6 is 0 Å². The molecule has 1 saturated carbocycles. The number of aromatic nitrogens is 3. The van der Waals surface area contributed by atoms with E-state index in [1.807, 2.05) is 35.2 Å². The molecule has 5 rings (SSSR count). The van der Waals surface area contributed by atoms with Crippen LogP contribution in [0.5, 0.6) is 11.8 Å². The highest BCUT2D eigenvalue weighted by Gasteiger charge is 2.35. The average molecular weight is 404 g/mol. The molecule has 0 N–H and O–H groups in total. The Morgan fingerprint density at radius 3 is 2.70 bits per heavy atom. The van der Waals surface area contributed by atoms with Crippen LogP contribution in [0.3, 0.4) is 0 Å². The topological polar surface area (TPSA) is 77.4 Å². The van der Waals surface area contributed by atoms with Gasteiger partial charge in [-0.3, -0.25) is 4.79 Å². The van der Waals surface area contributed by atoms with Gasteiger partial charge in [0.2, 0.25) is 17.7 Å². The van der Waals surface area contributed by atoms with Gasteiger partial charge in [0.05, 0.1) is 24.6 Å². The highest BCUT2D eigenvalue weighted by molar-refractivity contribution is 5.88. The Labute approximate surface area is 175 Å². The Morgan fingerprint density at radius 2 is 1.93 bits per heavy atom.